The summed E-state index contributed by atoms with van der Waals surface area (Å²) in [7, 11) is 0. The highest BCUT2D eigenvalue weighted by Gasteiger charge is 2.09. The number of benzene rings is 1. The Morgan fingerprint density at radius 3 is 2.75 bits per heavy atom. The lowest BCUT2D eigenvalue weighted by atomic mass is 10.1. The molecule has 0 aromatic heterocycles. The minimum absolute atomic E-state index is 0.318. The molecule has 64 valence electrons. The fourth-order valence-corrected chi connectivity index (χ4v) is 1.71. The van der Waals surface area contributed by atoms with Gasteiger partial charge >= 0.3 is 5.97 Å². The number of hydrogen-bond acceptors (Lipinski definition) is 2. The van der Waals surface area contributed by atoms with E-state index in [4.69, 9.17) is 10.8 Å². The molecule has 3 nitrogen and oxygen atoms in total. The number of nitrogens with two attached hydrogens (primary N) is 1. The van der Waals surface area contributed by atoms with Crippen molar-refractivity contribution in [2.24, 2.45) is 5.73 Å². The van der Waals surface area contributed by atoms with Crippen LogP contribution in [0.3, 0.4) is 0 Å². The summed E-state index contributed by atoms with van der Waals surface area (Å²) in [5, 5.41) is 8.74. The molecular weight excluding hydrogens is 269 g/mol. The smallest absolute Gasteiger partial charge is 0.336 e. The summed E-state index contributed by atoms with van der Waals surface area (Å²) >= 11 is 2.00. The van der Waals surface area contributed by atoms with Gasteiger partial charge in [0.1, 0.15) is 0 Å². The van der Waals surface area contributed by atoms with Crippen molar-refractivity contribution >= 4 is 28.6 Å². The summed E-state index contributed by atoms with van der Waals surface area (Å²) in [5.74, 6) is -0.908. The number of carboxylic acid groups (broad SMARTS) is 1. The van der Waals surface area contributed by atoms with Crippen LogP contribution < -0.4 is 5.73 Å². The highest BCUT2D eigenvalue weighted by molar-refractivity contribution is 14.1. The quantitative estimate of drug-likeness (QED) is 0.804. The number of halogens is 1. The molecule has 4 heteroatoms. The zero-order chi connectivity index (χ0) is 9.14. The Morgan fingerprint density at radius 1 is 1.58 bits per heavy atom. The zero-order valence-corrected chi connectivity index (χ0v) is 8.41. The van der Waals surface area contributed by atoms with Gasteiger partial charge in [-0.3, -0.25) is 0 Å². The van der Waals surface area contributed by atoms with E-state index in [9.17, 15) is 4.79 Å². The first-order valence-electron chi connectivity index (χ1n) is 3.37. The van der Waals surface area contributed by atoms with Gasteiger partial charge in [-0.2, -0.15) is 0 Å². The molecule has 0 heterocycles. The first-order chi connectivity index (χ1) is 5.66. The molecule has 0 unspecified atom stereocenters. The molecule has 0 fully saturated rings. The van der Waals surface area contributed by atoms with Crippen LogP contribution in [0.25, 0.3) is 0 Å². The van der Waals surface area contributed by atoms with E-state index >= 15 is 0 Å². The fraction of sp³-hybridized carbons (Fsp3) is 0.125. The molecule has 0 aliphatic rings. The summed E-state index contributed by atoms with van der Waals surface area (Å²) in [4.78, 5) is 10.6. The second kappa shape index (κ2) is 3.86. The molecule has 0 aliphatic heterocycles. The van der Waals surface area contributed by atoms with Crippen LogP contribution in [0.4, 0.5) is 0 Å². The SMILES string of the molecule is NCc1cccc(C(=O)O)c1I. The van der Waals surface area contributed by atoms with Crippen LogP contribution in [-0.2, 0) is 6.54 Å². The van der Waals surface area contributed by atoms with Crippen molar-refractivity contribution in [2.75, 3.05) is 0 Å². The Morgan fingerprint density at radius 2 is 2.25 bits per heavy atom. The van der Waals surface area contributed by atoms with Gasteiger partial charge < -0.3 is 10.8 Å². The Labute approximate surface area is 83.7 Å². The summed E-state index contributed by atoms with van der Waals surface area (Å²) in [6, 6.07) is 5.10. The van der Waals surface area contributed by atoms with Crippen molar-refractivity contribution in [1.82, 2.24) is 0 Å². The summed E-state index contributed by atoms with van der Waals surface area (Å²) in [6.07, 6.45) is 0. The minimum Gasteiger partial charge on any atom is -0.478 e. The lowest BCUT2D eigenvalue weighted by molar-refractivity contribution is 0.0695. The third kappa shape index (κ3) is 1.75. The lowest BCUT2D eigenvalue weighted by Gasteiger charge is -2.03. The summed E-state index contributed by atoms with van der Waals surface area (Å²) in [5.41, 5.74) is 6.61. The van der Waals surface area contributed by atoms with Gasteiger partial charge in [-0.1, -0.05) is 12.1 Å². The van der Waals surface area contributed by atoms with Gasteiger partial charge in [0, 0.05) is 10.1 Å². The van der Waals surface area contributed by atoms with Crippen molar-refractivity contribution in [1.29, 1.82) is 0 Å². The highest BCUT2D eigenvalue weighted by Crippen LogP contribution is 2.16. The van der Waals surface area contributed by atoms with E-state index in [1.54, 1.807) is 12.1 Å². The highest BCUT2D eigenvalue weighted by atomic mass is 127. The van der Waals surface area contributed by atoms with Gasteiger partial charge in [-0.15, -0.1) is 0 Å². The van der Waals surface area contributed by atoms with Crippen LogP contribution in [0.1, 0.15) is 15.9 Å². The number of carbonyl (C=O) groups is 1. The number of hydrogen-bond donors (Lipinski definition) is 2. The maximum absolute atomic E-state index is 10.6. The molecule has 3 N–H and O–H groups in total. The monoisotopic (exact) mass is 277 g/mol. The molecule has 0 spiro atoms. The maximum Gasteiger partial charge on any atom is 0.336 e. The van der Waals surface area contributed by atoms with Crippen molar-refractivity contribution in [2.45, 2.75) is 6.54 Å². The topological polar surface area (TPSA) is 63.3 Å². The molecule has 0 amide bonds. The van der Waals surface area contributed by atoms with Crippen LogP contribution in [0.2, 0.25) is 0 Å². The summed E-state index contributed by atoms with van der Waals surface area (Å²) in [6.45, 7) is 0.374. The van der Waals surface area contributed by atoms with E-state index in [0.717, 1.165) is 9.13 Å². The lowest BCUT2D eigenvalue weighted by Crippen LogP contribution is -2.05. The van der Waals surface area contributed by atoms with Gasteiger partial charge in [0.25, 0.3) is 0 Å². The van der Waals surface area contributed by atoms with Gasteiger partial charge in [0.05, 0.1) is 5.56 Å². The average molecular weight is 277 g/mol. The van der Waals surface area contributed by atoms with E-state index in [2.05, 4.69) is 0 Å². The third-order valence-corrected chi connectivity index (χ3v) is 2.80. The standard InChI is InChI=1S/C8H8INO2/c9-7-5(4-10)2-1-3-6(7)8(11)12/h1-3H,4,10H2,(H,11,12). The predicted molar refractivity (Wildman–Crippen MR) is 54.0 cm³/mol. The molecule has 0 radical (unpaired) electrons. The predicted octanol–water partition coefficient (Wildman–Crippen LogP) is 1.45. The van der Waals surface area contributed by atoms with E-state index in [1.807, 2.05) is 28.7 Å². The minimum atomic E-state index is -0.908. The zero-order valence-electron chi connectivity index (χ0n) is 6.25. The molecule has 1 aromatic carbocycles. The molecule has 0 saturated carbocycles. The van der Waals surface area contributed by atoms with Crippen LogP contribution in [0, 0.1) is 3.57 Å². The van der Waals surface area contributed by atoms with Gasteiger partial charge in [-0.25, -0.2) is 4.79 Å². The van der Waals surface area contributed by atoms with Crippen LogP contribution >= 0.6 is 22.6 Å². The van der Waals surface area contributed by atoms with E-state index in [0.29, 0.717) is 12.1 Å². The van der Waals surface area contributed by atoms with E-state index < -0.39 is 5.97 Å². The van der Waals surface area contributed by atoms with Crippen LogP contribution in [-0.4, -0.2) is 11.1 Å². The molecule has 0 saturated heterocycles. The first kappa shape index (κ1) is 9.47. The van der Waals surface area contributed by atoms with Crippen molar-refractivity contribution in [3.63, 3.8) is 0 Å². The maximum atomic E-state index is 10.6. The van der Waals surface area contributed by atoms with E-state index in [-0.39, 0.29) is 0 Å². The largest absolute Gasteiger partial charge is 0.478 e. The second-order valence-corrected chi connectivity index (χ2v) is 3.37. The molecule has 1 aromatic rings. The normalized spacial score (nSPS) is 9.83. The Bertz CT molecular complexity index is 312. The molecular formula is C8H8INO2. The molecule has 12 heavy (non-hydrogen) atoms. The van der Waals surface area contributed by atoms with Gasteiger partial charge in [0.2, 0.25) is 0 Å². The Balaban J connectivity index is 3.23. The number of aromatic carboxylic acids is 1. The first-order valence-corrected chi connectivity index (χ1v) is 4.45. The Kier molecular flexibility index (Phi) is 3.05. The van der Waals surface area contributed by atoms with Crippen LogP contribution in [0.5, 0.6) is 0 Å². The molecule has 0 aliphatic carbocycles. The van der Waals surface area contributed by atoms with Crippen molar-refractivity contribution in [3.05, 3.63) is 32.9 Å². The number of carboxylic acids is 1. The van der Waals surface area contributed by atoms with Crippen molar-refractivity contribution in [3.8, 4) is 0 Å². The van der Waals surface area contributed by atoms with Crippen molar-refractivity contribution < 1.29 is 9.90 Å². The summed E-state index contributed by atoms with van der Waals surface area (Å²) < 4.78 is 0.727. The van der Waals surface area contributed by atoms with Gasteiger partial charge in [-0.05, 0) is 34.2 Å². The van der Waals surface area contributed by atoms with E-state index in [1.165, 1.54) is 0 Å². The number of rotatable bonds is 2. The molecule has 0 atom stereocenters. The van der Waals surface area contributed by atoms with Gasteiger partial charge in [0.15, 0.2) is 0 Å². The fourth-order valence-electron chi connectivity index (χ4n) is 0.903. The second-order valence-electron chi connectivity index (χ2n) is 2.29. The average Bonchev–Trinajstić information content (AvgIpc) is 2.04. The third-order valence-electron chi connectivity index (χ3n) is 1.53. The molecule has 0 bridgehead atoms. The van der Waals surface area contributed by atoms with Crippen LogP contribution in [0.15, 0.2) is 18.2 Å². The Hall–Kier alpha value is -0.620. The molecule has 1 rings (SSSR count).